The van der Waals surface area contributed by atoms with E-state index in [4.69, 9.17) is 5.11 Å². The molecule has 2 unspecified atom stereocenters. The molecular formula is C14H21NO2. The molecule has 1 aromatic rings. The predicted octanol–water partition coefficient (Wildman–Crippen LogP) is 2.75. The van der Waals surface area contributed by atoms with Crippen molar-refractivity contribution in [2.24, 2.45) is 5.92 Å². The lowest BCUT2D eigenvalue weighted by atomic mass is 10.0. The summed E-state index contributed by atoms with van der Waals surface area (Å²) in [6, 6.07) is 8.39. The first-order valence-electron chi connectivity index (χ1n) is 5.97. The Kier molecular flexibility index (Phi) is 4.70. The zero-order chi connectivity index (χ0) is 13.0. The van der Waals surface area contributed by atoms with E-state index in [1.165, 1.54) is 11.1 Å². The number of benzene rings is 1. The zero-order valence-electron chi connectivity index (χ0n) is 10.9. The average Bonchev–Trinajstić information content (AvgIpc) is 2.28. The van der Waals surface area contributed by atoms with Crippen LogP contribution < -0.4 is 5.32 Å². The Morgan fingerprint density at radius 3 is 2.18 bits per heavy atom. The van der Waals surface area contributed by atoms with Crippen LogP contribution in [0.25, 0.3) is 0 Å². The second kappa shape index (κ2) is 5.82. The van der Waals surface area contributed by atoms with Crippen molar-refractivity contribution in [3.63, 3.8) is 0 Å². The number of carbonyl (C=O) groups is 1. The highest BCUT2D eigenvalue weighted by atomic mass is 16.4. The van der Waals surface area contributed by atoms with Crippen LogP contribution in [0.5, 0.6) is 0 Å². The van der Waals surface area contributed by atoms with Crippen molar-refractivity contribution in [1.29, 1.82) is 0 Å². The van der Waals surface area contributed by atoms with E-state index >= 15 is 0 Å². The van der Waals surface area contributed by atoms with Crippen molar-refractivity contribution in [3.8, 4) is 0 Å². The molecule has 0 saturated heterocycles. The van der Waals surface area contributed by atoms with E-state index in [1.807, 2.05) is 6.92 Å². The largest absolute Gasteiger partial charge is 0.481 e. The van der Waals surface area contributed by atoms with Crippen LogP contribution in [-0.4, -0.2) is 17.1 Å². The molecule has 0 amide bonds. The lowest BCUT2D eigenvalue weighted by molar-refractivity contribution is -0.142. The minimum atomic E-state index is -0.763. The van der Waals surface area contributed by atoms with Crippen molar-refractivity contribution in [1.82, 2.24) is 5.32 Å². The topological polar surface area (TPSA) is 49.3 Å². The Morgan fingerprint density at radius 2 is 1.71 bits per heavy atom. The van der Waals surface area contributed by atoms with Crippen LogP contribution in [0.15, 0.2) is 24.3 Å². The molecule has 0 aliphatic rings. The second-order valence-electron chi connectivity index (χ2n) is 4.71. The van der Waals surface area contributed by atoms with Gasteiger partial charge in [-0.3, -0.25) is 4.79 Å². The Balaban J connectivity index is 2.63. The van der Waals surface area contributed by atoms with E-state index in [0.29, 0.717) is 0 Å². The summed E-state index contributed by atoms with van der Waals surface area (Å²) in [5.41, 5.74) is 2.41. The van der Waals surface area contributed by atoms with Crippen molar-refractivity contribution < 1.29 is 9.90 Å². The quantitative estimate of drug-likeness (QED) is 0.825. The number of carboxylic acids is 1. The van der Waals surface area contributed by atoms with Crippen molar-refractivity contribution in [2.75, 3.05) is 0 Å². The molecule has 0 aliphatic carbocycles. The fraction of sp³-hybridized carbons (Fsp3) is 0.500. The van der Waals surface area contributed by atoms with E-state index in [9.17, 15) is 4.79 Å². The maximum atomic E-state index is 10.9. The fourth-order valence-electron chi connectivity index (χ4n) is 1.70. The molecule has 1 rings (SSSR count). The molecular weight excluding hydrogens is 214 g/mol. The van der Waals surface area contributed by atoms with Crippen LogP contribution in [0.2, 0.25) is 0 Å². The molecule has 0 fully saturated rings. The van der Waals surface area contributed by atoms with Crippen LogP contribution in [0.3, 0.4) is 0 Å². The summed E-state index contributed by atoms with van der Waals surface area (Å²) in [6.45, 7) is 7.73. The van der Waals surface area contributed by atoms with Crippen molar-refractivity contribution in [2.45, 2.75) is 39.8 Å². The van der Waals surface area contributed by atoms with Gasteiger partial charge in [0.1, 0.15) is 0 Å². The zero-order valence-corrected chi connectivity index (χ0v) is 10.9. The smallest absolute Gasteiger partial charge is 0.307 e. The Bertz CT molecular complexity index is 372. The first-order chi connectivity index (χ1) is 7.91. The minimum absolute atomic E-state index is 0.0520. The molecule has 0 saturated carbocycles. The van der Waals surface area contributed by atoms with Gasteiger partial charge in [-0.25, -0.2) is 0 Å². The fourth-order valence-corrected chi connectivity index (χ4v) is 1.70. The number of aliphatic carboxylic acids is 1. The molecule has 0 aromatic heterocycles. The van der Waals surface area contributed by atoms with Gasteiger partial charge >= 0.3 is 5.97 Å². The third kappa shape index (κ3) is 3.86. The van der Waals surface area contributed by atoms with Gasteiger partial charge in [0, 0.05) is 12.1 Å². The van der Waals surface area contributed by atoms with Crippen LogP contribution in [-0.2, 0) is 4.79 Å². The van der Waals surface area contributed by atoms with Gasteiger partial charge in [-0.1, -0.05) is 36.8 Å². The Hall–Kier alpha value is -1.35. The van der Waals surface area contributed by atoms with E-state index in [2.05, 4.69) is 43.4 Å². The summed E-state index contributed by atoms with van der Waals surface area (Å²) in [4.78, 5) is 10.9. The number of hydrogen-bond donors (Lipinski definition) is 2. The van der Waals surface area contributed by atoms with Crippen LogP contribution in [0.4, 0.5) is 0 Å². The predicted molar refractivity (Wildman–Crippen MR) is 69.0 cm³/mol. The van der Waals surface area contributed by atoms with Crippen LogP contribution >= 0.6 is 0 Å². The second-order valence-corrected chi connectivity index (χ2v) is 4.71. The molecule has 3 heteroatoms. The lowest BCUT2D eigenvalue weighted by Gasteiger charge is -2.23. The molecule has 3 nitrogen and oxygen atoms in total. The van der Waals surface area contributed by atoms with Gasteiger partial charge in [0.05, 0.1) is 5.92 Å². The highest BCUT2D eigenvalue weighted by molar-refractivity contribution is 5.70. The number of carboxylic acid groups (broad SMARTS) is 1. The van der Waals surface area contributed by atoms with Gasteiger partial charge in [-0.2, -0.15) is 0 Å². The normalized spacial score (nSPS) is 16.2. The number of rotatable bonds is 5. The molecule has 3 atom stereocenters. The Labute approximate surface area is 103 Å². The van der Waals surface area contributed by atoms with E-state index in [-0.39, 0.29) is 18.0 Å². The minimum Gasteiger partial charge on any atom is -0.481 e. The number of hydrogen-bond acceptors (Lipinski definition) is 2. The summed E-state index contributed by atoms with van der Waals surface area (Å²) in [5, 5.41) is 12.2. The molecule has 0 spiro atoms. The summed E-state index contributed by atoms with van der Waals surface area (Å²) in [5.74, 6) is -1.15. The lowest BCUT2D eigenvalue weighted by Crippen LogP contribution is -2.37. The molecule has 0 radical (unpaired) electrons. The Morgan fingerprint density at radius 1 is 1.18 bits per heavy atom. The summed E-state index contributed by atoms with van der Waals surface area (Å²) in [7, 11) is 0. The van der Waals surface area contributed by atoms with E-state index in [1.54, 1.807) is 6.92 Å². The third-order valence-electron chi connectivity index (χ3n) is 3.23. The van der Waals surface area contributed by atoms with E-state index in [0.717, 1.165) is 0 Å². The number of nitrogens with one attached hydrogen (secondary N) is 1. The van der Waals surface area contributed by atoms with Gasteiger partial charge < -0.3 is 10.4 Å². The van der Waals surface area contributed by atoms with Gasteiger partial charge in [0.2, 0.25) is 0 Å². The maximum absolute atomic E-state index is 10.9. The monoisotopic (exact) mass is 235 g/mol. The van der Waals surface area contributed by atoms with Crippen LogP contribution in [0, 0.1) is 12.8 Å². The van der Waals surface area contributed by atoms with E-state index < -0.39 is 5.97 Å². The standard InChI is InChI=1S/C14H21NO2/c1-9-5-7-13(8-6-9)12(4)15-11(3)10(2)14(16)17/h5-8,10-12,15H,1-4H3,(H,16,17)/t10?,11?,12-/m0/s1. The molecule has 17 heavy (non-hydrogen) atoms. The van der Waals surface area contributed by atoms with Crippen LogP contribution in [0.1, 0.15) is 37.9 Å². The van der Waals surface area contributed by atoms with Gasteiger partial charge in [0.25, 0.3) is 0 Å². The molecule has 0 aliphatic heterocycles. The molecule has 0 bridgehead atoms. The number of aryl methyl sites for hydroxylation is 1. The molecule has 2 N–H and O–H groups in total. The van der Waals surface area contributed by atoms with Gasteiger partial charge in [-0.15, -0.1) is 0 Å². The molecule has 1 aromatic carbocycles. The maximum Gasteiger partial charge on any atom is 0.307 e. The SMILES string of the molecule is Cc1ccc([C@H](C)NC(C)C(C)C(=O)O)cc1. The van der Waals surface area contributed by atoms with Crippen molar-refractivity contribution >= 4 is 5.97 Å². The molecule has 94 valence electrons. The van der Waals surface area contributed by atoms with Gasteiger partial charge in [-0.05, 0) is 26.3 Å². The first-order valence-corrected chi connectivity index (χ1v) is 5.97. The highest BCUT2D eigenvalue weighted by Gasteiger charge is 2.20. The average molecular weight is 235 g/mol. The first kappa shape index (κ1) is 13.7. The third-order valence-corrected chi connectivity index (χ3v) is 3.23. The summed E-state index contributed by atoms with van der Waals surface area (Å²) < 4.78 is 0. The van der Waals surface area contributed by atoms with Crippen molar-refractivity contribution in [3.05, 3.63) is 35.4 Å². The summed E-state index contributed by atoms with van der Waals surface area (Å²) in [6.07, 6.45) is 0. The highest BCUT2D eigenvalue weighted by Crippen LogP contribution is 2.15. The molecule has 0 heterocycles. The van der Waals surface area contributed by atoms with Gasteiger partial charge in [0.15, 0.2) is 0 Å². The summed E-state index contributed by atoms with van der Waals surface area (Å²) >= 11 is 0.